The molecule has 3 nitrogen and oxygen atoms in total. The molecule has 5 rings (SSSR count). The van der Waals surface area contributed by atoms with Crippen LogP contribution in [0.3, 0.4) is 0 Å². The number of ketones is 1. The lowest BCUT2D eigenvalue weighted by Crippen LogP contribution is -1.95. The smallest absolute Gasteiger partial charge is 0.185 e. The number of Topliss-reactive ketones (excluding diaryl/α,β-unsaturated/α-hetero) is 1. The normalized spacial score (nSPS) is 17.9. The molecular weight excluding hydrogens is 324 g/mol. The molecular formula is C23H16O3. The maximum Gasteiger partial charge on any atom is 0.185 e. The van der Waals surface area contributed by atoms with E-state index in [0.717, 1.165) is 57.4 Å². The van der Waals surface area contributed by atoms with Gasteiger partial charge in [-0.3, -0.25) is 4.79 Å². The van der Waals surface area contributed by atoms with Crippen LogP contribution in [0.4, 0.5) is 0 Å². The summed E-state index contributed by atoms with van der Waals surface area (Å²) in [5.41, 5.74) is 3.24. The van der Waals surface area contributed by atoms with Gasteiger partial charge in [0.2, 0.25) is 0 Å². The molecule has 26 heavy (non-hydrogen) atoms. The Morgan fingerprint density at radius 3 is 1.62 bits per heavy atom. The van der Waals surface area contributed by atoms with Gasteiger partial charge in [-0.25, -0.2) is 0 Å². The van der Waals surface area contributed by atoms with Crippen LogP contribution in [0.25, 0.3) is 34.1 Å². The molecule has 0 amide bonds. The van der Waals surface area contributed by atoms with Crippen molar-refractivity contribution in [2.45, 2.75) is 12.8 Å². The Hall–Kier alpha value is -3.33. The Kier molecular flexibility index (Phi) is 3.39. The van der Waals surface area contributed by atoms with Crippen LogP contribution in [-0.4, -0.2) is 5.78 Å². The Balaban J connectivity index is 1.45. The Morgan fingerprint density at radius 1 is 0.692 bits per heavy atom. The fraction of sp³-hybridized carbons (Fsp3) is 0.0870. The van der Waals surface area contributed by atoms with Crippen molar-refractivity contribution in [2.24, 2.45) is 0 Å². The second-order valence-corrected chi connectivity index (χ2v) is 6.54. The molecule has 0 radical (unpaired) electrons. The number of hydrogen-bond donors (Lipinski definition) is 0. The van der Waals surface area contributed by atoms with Crippen molar-refractivity contribution in [3.8, 4) is 0 Å². The number of carbonyl (C=O) groups excluding carboxylic acids is 1. The molecule has 0 spiro atoms. The van der Waals surface area contributed by atoms with Crippen molar-refractivity contribution < 1.29 is 13.6 Å². The third kappa shape index (κ3) is 2.58. The van der Waals surface area contributed by atoms with E-state index in [0.29, 0.717) is 0 Å². The Labute approximate surface area is 150 Å². The van der Waals surface area contributed by atoms with Gasteiger partial charge in [-0.1, -0.05) is 36.4 Å². The third-order valence-corrected chi connectivity index (χ3v) is 4.77. The van der Waals surface area contributed by atoms with Gasteiger partial charge in [-0.15, -0.1) is 0 Å². The molecule has 2 aromatic carbocycles. The quantitative estimate of drug-likeness (QED) is 0.420. The SMILES string of the molecule is O=C1C(=Cc2cc3ccccc3o2)CC/C1=C\c1cc2ccccc2o1. The van der Waals surface area contributed by atoms with Gasteiger partial charge in [0.15, 0.2) is 5.78 Å². The maximum atomic E-state index is 12.7. The summed E-state index contributed by atoms with van der Waals surface area (Å²) in [6, 6.07) is 19.6. The summed E-state index contributed by atoms with van der Waals surface area (Å²) in [6.45, 7) is 0. The number of rotatable bonds is 2. The second kappa shape index (κ2) is 5.88. The van der Waals surface area contributed by atoms with Gasteiger partial charge in [0.25, 0.3) is 0 Å². The van der Waals surface area contributed by atoms with Gasteiger partial charge in [0, 0.05) is 21.9 Å². The highest BCUT2D eigenvalue weighted by atomic mass is 16.3. The van der Waals surface area contributed by atoms with Crippen LogP contribution >= 0.6 is 0 Å². The van der Waals surface area contributed by atoms with E-state index in [-0.39, 0.29) is 5.78 Å². The molecule has 2 heterocycles. The number of fused-ring (bicyclic) bond motifs is 2. The third-order valence-electron chi connectivity index (χ3n) is 4.77. The molecule has 0 unspecified atom stereocenters. The minimum Gasteiger partial charge on any atom is -0.457 e. The van der Waals surface area contributed by atoms with Gasteiger partial charge in [0.1, 0.15) is 22.7 Å². The first-order chi connectivity index (χ1) is 12.8. The largest absolute Gasteiger partial charge is 0.457 e. The number of allylic oxidation sites excluding steroid dienone is 2. The van der Waals surface area contributed by atoms with Crippen molar-refractivity contribution in [2.75, 3.05) is 0 Å². The molecule has 0 saturated heterocycles. The summed E-state index contributed by atoms with van der Waals surface area (Å²) in [5.74, 6) is 1.52. The number of para-hydroxylation sites is 2. The van der Waals surface area contributed by atoms with Crippen molar-refractivity contribution in [3.63, 3.8) is 0 Å². The zero-order chi connectivity index (χ0) is 17.5. The van der Waals surface area contributed by atoms with Crippen molar-refractivity contribution in [1.82, 2.24) is 0 Å². The summed E-state index contributed by atoms with van der Waals surface area (Å²) in [7, 11) is 0. The topological polar surface area (TPSA) is 43.4 Å². The first kappa shape index (κ1) is 15.0. The summed E-state index contributed by atoms with van der Waals surface area (Å²) >= 11 is 0. The number of benzene rings is 2. The molecule has 3 heteroatoms. The molecule has 126 valence electrons. The number of carbonyl (C=O) groups is 1. The predicted octanol–water partition coefficient (Wildman–Crippen LogP) is 6.01. The van der Waals surface area contributed by atoms with Crippen LogP contribution in [0, 0.1) is 0 Å². The molecule has 1 saturated carbocycles. The zero-order valence-corrected chi connectivity index (χ0v) is 14.1. The predicted molar refractivity (Wildman–Crippen MR) is 103 cm³/mol. The highest BCUT2D eigenvalue weighted by Gasteiger charge is 2.24. The van der Waals surface area contributed by atoms with E-state index in [1.807, 2.05) is 72.8 Å². The van der Waals surface area contributed by atoms with Gasteiger partial charge >= 0.3 is 0 Å². The van der Waals surface area contributed by atoms with E-state index < -0.39 is 0 Å². The van der Waals surface area contributed by atoms with Gasteiger partial charge in [0.05, 0.1) is 0 Å². The fourth-order valence-electron chi connectivity index (χ4n) is 3.47. The first-order valence-corrected chi connectivity index (χ1v) is 8.69. The molecule has 1 fully saturated rings. The lowest BCUT2D eigenvalue weighted by Gasteiger charge is -1.93. The van der Waals surface area contributed by atoms with Crippen LogP contribution in [0.15, 0.2) is 80.6 Å². The molecule has 4 aromatic rings. The van der Waals surface area contributed by atoms with E-state index in [9.17, 15) is 4.79 Å². The van der Waals surface area contributed by atoms with E-state index in [1.54, 1.807) is 0 Å². The molecule has 0 aliphatic heterocycles. The Bertz CT molecular complexity index is 1040. The number of hydrogen-bond acceptors (Lipinski definition) is 3. The summed E-state index contributed by atoms with van der Waals surface area (Å²) in [6.07, 6.45) is 5.17. The van der Waals surface area contributed by atoms with Gasteiger partial charge < -0.3 is 8.83 Å². The summed E-state index contributed by atoms with van der Waals surface area (Å²) in [5, 5.41) is 2.09. The van der Waals surface area contributed by atoms with Crippen LogP contribution in [0.1, 0.15) is 24.4 Å². The van der Waals surface area contributed by atoms with Crippen LogP contribution < -0.4 is 0 Å². The molecule has 0 atom stereocenters. The van der Waals surface area contributed by atoms with E-state index in [1.165, 1.54) is 0 Å². The van der Waals surface area contributed by atoms with Crippen molar-refractivity contribution in [1.29, 1.82) is 0 Å². The van der Waals surface area contributed by atoms with Crippen molar-refractivity contribution in [3.05, 3.63) is 83.3 Å². The monoisotopic (exact) mass is 340 g/mol. The zero-order valence-electron chi connectivity index (χ0n) is 14.1. The van der Waals surface area contributed by atoms with Crippen molar-refractivity contribution >= 4 is 39.9 Å². The number of furan rings is 2. The summed E-state index contributed by atoms with van der Waals surface area (Å²) < 4.78 is 11.6. The first-order valence-electron chi connectivity index (χ1n) is 8.69. The highest BCUT2D eigenvalue weighted by Crippen LogP contribution is 2.31. The average molecular weight is 340 g/mol. The van der Waals surface area contributed by atoms with Gasteiger partial charge in [-0.05, 0) is 49.3 Å². The molecule has 0 bridgehead atoms. The van der Waals surface area contributed by atoms with E-state index in [4.69, 9.17) is 8.83 Å². The van der Waals surface area contributed by atoms with E-state index >= 15 is 0 Å². The van der Waals surface area contributed by atoms with Crippen LogP contribution in [0.2, 0.25) is 0 Å². The summed E-state index contributed by atoms with van der Waals surface area (Å²) in [4.78, 5) is 12.7. The van der Waals surface area contributed by atoms with Crippen LogP contribution in [-0.2, 0) is 4.79 Å². The second-order valence-electron chi connectivity index (χ2n) is 6.54. The minimum atomic E-state index is 0.0749. The molecule has 1 aliphatic rings. The Morgan fingerprint density at radius 2 is 1.15 bits per heavy atom. The average Bonchev–Trinajstić information content (AvgIpc) is 3.33. The van der Waals surface area contributed by atoms with Gasteiger partial charge in [-0.2, -0.15) is 0 Å². The lowest BCUT2D eigenvalue weighted by molar-refractivity contribution is -0.111. The highest BCUT2D eigenvalue weighted by molar-refractivity contribution is 6.15. The maximum absolute atomic E-state index is 12.7. The standard InChI is InChI=1S/C23H16O3/c24-23-17(13-19-11-15-5-1-3-7-21(15)25-19)9-10-18(23)14-20-12-16-6-2-4-8-22(16)26-20/h1-8,11-14H,9-10H2/b17-13+,18-14?. The molecule has 1 aliphatic carbocycles. The lowest BCUT2D eigenvalue weighted by atomic mass is 10.1. The molecule has 0 N–H and O–H groups in total. The minimum absolute atomic E-state index is 0.0749. The van der Waals surface area contributed by atoms with Crippen LogP contribution in [0.5, 0.6) is 0 Å². The van der Waals surface area contributed by atoms with E-state index in [2.05, 4.69) is 0 Å². The molecule has 2 aromatic heterocycles. The fourth-order valence-corrected chi connectivity index (χ4v) is 3.47.